The van der Waals surface area contributed by atoms with Crippen molar-refractivity contribution in [3.05, 3.63) is 4.88 Å². The van der Waals surface area contributed by atoms with Gasteiger partial charge in [-0.1, -0.05) is 11.3 Å². The summed E-state index contributed by atoms with van der Waals surface area (Å²) in [6, 6.07) is 0.249. The van der Waals surface area contributed by atoms with Gasteiger partial charge in [0.05, 0.1) is 0 Å². The summed E-state index contributed by atoms with van der Waals surface area (Å²) in [6.45, 7) is 4.80. The lowest BCUT2D eigenvalue weighted by Gasteiger charge is -2.04. The molecule has 0 fully saturated rings. The normalized spacial score (nSPS) is 10.8. The van der Waals surface area contributed by atoms with Crippen molar-refractivity contribution in [2.45, 2.75) is 26.3 Å². The average molecular weight is 318 g/mol. The Morgan fingerprint density at radius 1 is 1.50 bits per heavy atom. The minimum atomic E-state index is -0.181. The van der Waals surface area contributed by atoms with E-state index in [4.69, 9.17) is 10.8 Å². The van der Waals surface area contributed by atoms with Crippen LogP contribution < -0.4 is 16.4 Å². The molecular formula is C12H22N4O2S2. The van der Waals surface area contributed by atoms with E-state index in [1.54, 1.807) is 11.8 Å². The minimum Gasteiger partial charge on any atom is -0.396 e. The Hall–Kier alpha value is -0.990. The molecule has 0 unspecified atom stereocenters. The monoisotopic (exact) mass is 318 g/mol. The van der Waals surface area contributed by atoms with Crippen molar-refractivity contribution in [3.8, 4) is 0 Å². The second kappa shape index (κ2) is 9.04. The maximum atomic E-state index is 12.0. The number of rotatable bonds is 9. The van der Waals surface area contributed by atoms with Gasteiger partial charge in [-0.25, -0.2) is 4.98 Å². The predicted molar refractivity (Wildman–Crippen MR) is 86.6 cm³/mol. The SMILES string of the molecule is CC(C)Nc1nc(N)c(C(=O)NCCSCCCO)s1. The number of thiazole rings is 1. The number of aromatic nitrogens is 1. The van der Waals surface area contributed by atoms with Gasteiger partial charge < -0.3 is 21.5 Å². The number of amides is 1. The molecule has 20 heavy (non-hydrogen) atoms. The second-order valence-corrected chi connectivity index (χ2v) is 6.70. The van der Waals surface area contributed by atoms with E-state index < -0.39 is 0 Å². The van der Waals surface area contributed by atoms with Crippen LogP contribution in [0.2, 0.25) is 0 Å². The lowest BCUT2D eigenvalue weighted by Crippen LogP contribution is -2.25. The van der Waals surface area contributed by atoms with Gasteiger partial charge in [-0.15, -0.1) is 0 Å². The van der Waals surface area contributed by atoms with Crippen molar-refractivity contribution >= 4 is 40.0 Å². The minimum absolute atomic E-state index is 0.181. The van der Waals surface area contributed by atoms with Gasteiger partial charge in [-0.3, -0.25) is 4.79 Å². The van der Waals surface area contributed by atoms with Crippen molar-refractivity contribution in [1.82, 2.24) is 10.3 Å². The van der Waals surface area contributed by atoms with E-state index in [9.17, 15) is 4.79 Å². The van der Waals surface area contributed by atoms with Gasteiger partial charge in [0.2, 0.25) is 0 Å². The summed E-state index contributed by atoms with van der Waals surface area (Å²) in [7, 11) is 0. The number of hydrogen-bond donors (Lipinski definition) is 4. The fourth-order valence-corrected chi connectivity index (χ4v) is 3.12. The molecular weight excluding hydrogens is 296 g/mol. The lowest BCUT2D eigenvalue weighted by atomic mass is 10.4. The van der Waals surface area contributed by atoms with Gasteiger partial charge in [0, 0.05) is 24.9 Å². The molecule has 0 aliphatic carbocycles. The number of nitrogen functional groups attached to an aromatic ring is 1. The number of hydrogen-bond acceptors (Lipinski definition) is 7. The molecule has 1 amide bonds. The van der Waals surface area contributed by atoms with E-state index in [1.165, 1.54) is 11.3 Å². The van der Waals surface area contributed by atoms with Gasteiger partial charge in [0.25, 0.3) is 5.91 Å². The standard InChI is InChI=1S/C12H22N4O2S2/c1-8(2)15-12-16-10(13)9(20-12)11(18)14-4-7-19-6-3-5-17/h8,17H,3-7,13H2,1-2H3,(H,14,18)(H,15,16). The molecule has 1 aromatic heterocycles. The smallest absolute Gasteiger partial charge is 0.265 e. The van der Waals surface area contributed by atoms with Gasteiger partial charge in [0.15, 0.2) is 5.13 Å². The van der Waals surface area contributed by atoms with E-state index in [0.717, 1.165) is 17.9 Å². The first-order valence-electron chi connectivity index (χ1n) is 6.54. The van der Waals surface area contributed by atoms with Crippen molar-refractivity contribution < 1.29 is 9.90 Å². The van der Waals surface area contributed by atoms with Crippen molar-refractivity contribution in [3.63, 3.8) is 0 Å². The molecule has 0 atom stereocenters. The Labute approximate surface area is 127 Å². The van der Waals surface area contributed by atoms with E-state index in [2.05, 4.69) is 15.6 Å². The molecule has 0 radical (unpaired) electrons. The summed E-state index contributed by atoms with van der Waals surface area (Å²) in [6.07, 6.45) is 0.782. The summed E-state index contributed by atoms with van der Waals surface area (Å²) >= 11 is 2.97. The molecule has 114 valence electrons. The van der Waals surface area contributed by atoms with Crippen LogP contribution in [-0.2, 0) is 0 Å². The predicted octanol–water partition coefficient (Wildman–Crippen LogP) is 1.39. The van der Waals surface area contributed by atoms with Crippen LogP contribution in [-0.4, -0.2) is 46.7 Å². The third-order valence-corrected chi connectivity index (χ3v) is 4.32. The summed E-state index contributed by atoms with van der Waals surface area (Å²) in [4.78, 5) is 16.5. The molecule has 0 saturated carbocycles. The zero-order chi connectivity index (χ0) is 15.0. The van der Waals surface area contributed by atoms with Crippen LogP contribution in [0.3, 0.4) is 0 Å². The van der Waals surface area contributed by atoms with Crippen LogP contribution in [0.1, 0.15) is 29.9 Å². The van der Waals surface area contributed by atoms with Crippen molar-refractivity contribution in [2.24, 2.45) is 0 Å². The topological polar surface area (TPSA) is 100 Å². The Morgan fingerprint density at radius 2 is 2.25 bits per heavy atom. The quantitative estimate of drug-likeness (QED) is 0.513. The number of nitrogens with zero attached hydrogens (tertiary/aromatic N) is 1. The molecule has 6 nitrogen and oxygen atoms in total. The van der Waals surface area contributed by atoms with E-state index >= 15 is 0 Å². The first-order chi connectivity index (χ1) is 9.54. The Balaban J connectivity index is 2.37. The molecule has 1 rings (SSSR count). The number of thioether (sulfide) groups is 1. The summed E-state index contributed by atoms with van der Waals surface area (Å²) in [5.41, 5.74) is 5.75. The summed E-state index contributed by atoms with van der Waals surface area (Å²) < 4.78 is 0. The second-order valence-electron chi connectivity index (χ2n) is 4.48. The number of carbonyl (C=O) groups excluding carboxylic acids is 1. The zero-order valence-electron chi connectivity index (χ0n) is 11.8. The Bertz CT molecular complexity index is 424. The Kier molecular flexibility index (Phi) is 7.71. The van der Waals surface area contributed by atoms with Crippen LogP contribution in [0.15, 0.2) is 0 Å². The van der Waals surface area contributed by atoms with Crippen molar-refractivity contribution in [2.75, 3.05) is 35.7 Å². The first-order valence-corrected chi connectivity index (χ1v) is 8.51. The van der Waals surface area contributed by atoms with Gasteiger partial charge in [-0.05, 0) is 26.0 Å². The number of aliphatic hydroxyl groups excluding tert-OH is 1. The molecule has 0 spiro atoms. The molecule has 1 heterocycles. The maximum Gasteiger partial charge on any atom is 0.265 e. The number of anilines is 2. The van der Waals surface area contributed by atoms with Crippen LogP contribution >= 0.6 is 23.1 Å². The third kappa shape index (κ3) is 5.98. The van der Waals surface area contributed by atoms with E-state index in [1.807, 2.05) is 13.8 Å². The van der Waals surface area contributed by atoms with Gasteiger partial charge >= 0.3 is 0 Å². The highest BCUT2D eigenvalue weighted by Crippen LogP contribution is 2.25. The fraction of sp³-hybridized carbons (Fsp3) is 0.667. The average Bonchev–Trinajstić information content (AvgIpc) is 2.73. The zero-order valence-corrected chi connectivity index (χ0v) is 13.4. The lowest BCUT2D eigenvalue weighted by molar-refractivity contribution is 0.0961. The van der Waals surface area contributed by atoms with E-state index in [0.29, 0.717) is 16.6 Å². The third-order valence-electron chi connectivity index (χ3n) is 2.25. The van der Waals surface area contributed by atoms with Crippen LogP contribution in [0, 0.1) is 0 Å². The number of aliphatic hydroxyl groups is 1. The van der Waals surface area contributed by atoms with Gasteiger partial charge in [0.1, 0.15) is 10.7 Å². The molecule has 1 aromatic rings. The maximum absolute atomic E-state index is 12.0. The first kappa shape index (κ1) is 17.1. The largest absolute Gasteiger partial charge is 0.396 e. The molecule has 0 saturated heterocycles. The number of carbonyl (C=O) groups is 1. The molecule has 5 N–H and O–H groups in total. The molecule has 0 aliphatic rings. The van der Waals surface area contributed by atoms with Crippen LogP contribution in [0.25, 0.3) is 0 Å². The Morgan fingerprint density at radius 3 is 2.90 bits per heavy atom. The van der Waals surface area contributed by atoms with Gasteiger partial charge in [-0.2, -0.15) is 11.8 Å². The highest BCUT2D eigenvalue weighted by Gasteiger charge is 2.15. The fourth-order valence-electron chi connectivity index (χ4n) is 1.39. The highest BCUT2D eigenvalue weighted by atomic mass is 32.2. The molecule has 0 bridgehead atoms. The molecule has 8 heteroatoms. The van der Waals surface area contributed by atoms with Crippen LogP contribution in [0.5, 0.6) is 0 Å². The molecule has 0 aliphatic heterocycles. The molecule has 0 aromatic carbocycles. The number of nitrogens with one attached hydrogen (secondary N) is 2. The summed E-state index contributed by atoms with van der Waals surface area (Å²) in [5.74, 6) is 1.81. The van der Waals surface area contributed by atoms with Crippen LogP contribution in [0.4, 0.5) is 10.9 Å². The van der Waals surface area contributed by atoms with E-state index in [-0.39, 0.29) is 24.4 Å². The number of nitrogens with two attached hydrogens (primary N) is 1. The highest BCUT2D eigenvalue weighted by molar-refractivity contribution is 7.99. The summed E-state index contributed by atoms with van der Waals surface area (Å²) in [5, 5.41) is 15.3. The van der Waals surface area contributed by atoms with Crippen molar-refractivity contribution in [1.29, 1.82) is 0 Å².